The molecule has 1 aromatic heterocycles. The molecule has 0 amide bonds. The van der Waals surface area contributed by atoms with E-state index in [2.05, 4.69) is 17.3 Å². The van der Waals surface area contributed by atoms with Crippen molar-refractivity contribution in [1.82, 2.24) is 9.78 Å². The summed E-state index contributed by atoms with van der Waals surface area (Å²) in [6.45, 7) is 6.96. The van der Waals surface area contributed by atoms with Crippen molar-refractivity contribution in [1.29, 1.82) is 0 Å². The van der Waals surface area contributed by atoms with Crippen LogP contribution in [-0.2, 0) is 6.54 Å². The van der Waals surface area contributed by atoms with Gasteiger partial charge in [0.05, 0.1) is 24.0 Å². The van der Waals surface area contributed by atoms with E-state index in [9.17, 15) is 5.11 Å². The highest BCUT2D eigenvalue weighted by atomic mass is 16.3. The van der Waals surface area contributed by atoms with E-state index in [0.717, 1.165) is 30.9 Å². The van der Waals surface area contributed by atoms with Crippen LogP contribution in [-0.4, -0.2) is 27.5 Å². The monoisotopic (exact) mass is 226 g/mol. The third kappa shape index (κ3) is 2.66. The van der Waals surface area contributed by atoms with Crippen molar-refractivity contribution in [3.05, 3.63) is 5.69 Å². The first kappa shape index (κ1) is 12.8. The van der Waals surface area contributed by atoms with Crippen molar-refractivity contribution in [2.24, 2.45) is 0 Å². The Kier molecular flexibility index (Phi) is 4.61. The van der Waals surface area contributed by atoms with Crippen LogP contribution in [0.3, 0.4) is 0 Å². The molecule has 0 saturated carbocycles. The second-order valence-electron chi connectivity index (χ2n) is 4.00. The third-order valence-corrected chi connectivity index (χ3v) is 2.66. The standard InChI is InChI=1S/C11H22N4O/c1-4-6-15-11(10(12)8(3)14-15)13-9(5-2)7-16/h9,13,16H,4-7,12H2,1-3H3. The Labute approximate surface area is 96.6 Å². The van der Waals surface area contributed by atoms with Crippen LogP contribution in [0, 0.1) is 6.92 Å². The summed E-state index contributed by atoms with van der Waals surface area (Å²) in [6, 6.07) is 0.0361. The van der Waals surface area contributed by atoms with Gasteiger partial charge in [0.25, 0.3) is 0 Å². The lowest BCUT2D eigenvalue weighted by atomic mass is 10.2. The van der Waals surface area contributed by atoms with E-state index in [4.69, 9.17) is 5.73 Å². The number of hydrogen-bond acceptors (Lipinski definition) is 4. The molecule has 0 aliphatic rings. The summed E-state index contributed by atoms with van der Waals surface area (Å²) in [5, 5.41) is 16.8. The van der Waals surface area contributed by atoms with Gasteiger partial charge in [0.1, 0.15) is 5.82 Å². The number of nitrogens with zero attached hydrogens (tertiary/aromatic N) is 2. The van der Waals surface area contributed by atoms with Gasteiger partial charge in [-0.1, -0.05) is 13.8 Å². The molecular weight excluding hydrogens is 204 g/mol. The summed E-state index contributed by atoms with van der Waals surface area (Å²) in [5.74, 6) is 0.834. The summed E-state index contributed by atoms with van der Waals surface area (Å²) in [7, 11) is 0. The molecule has 4 N–H and O–H groups in total. The maximum atomic E-state index is 9.17. The number of hydrogen-bond donors (Lipinski definition) is 3. The summed E-state index contributed by atoms with van der Waals surface area (Å²) in [5.41, 5.74) is 7.48. The van der Waals surface area contributed by atoms with E-state index in [0.29, 0.717) is 5.69 Å². The molecule has 5 nitrogen and oxygen atoms in total. The van der Waals surface area contributed by atoms with Crippen LogP contribution in [0.5, 0.6) is 0 Å². The Balaban J connectivity index is 2.91. The van der Waals surface area contributed by atoms with Gasteiger partial charge in [-0.25, -0.2) is 4.68 Å². The molecule has 1 heterocycles. The molecule has 5 heteroatoms. The maximum Gasteiger partial charge on any atom is 0.148 e. The largest absolute Gasteiger partial charge is 0.394 e. The summed E-state index contributed by atoms with van der Waals surface area (Å²) in [4.78, 5) is 0. The minimum Gasteiger partial charge on any atom is -0.394 e. The zero-order chi connectivity index (χ0) is 12.1. The molecule has 16 heavy (non-hydrogen) atoms. The van der Waals surface area contributed by atoms with Crippen molar-refractivity contribution in [3.8, 4) is 0 Å². The highest BCUT2D eigenvalue weighted by molar-refractivity contribution is 5.65. The van der Waals surface area contributed by atoms with Gasteiger partial charge in [0.15, 0.2) is 0 Å². The van der Waals surface area contributed by atoms with Crippen molar-refractivity contribution >= 4 is 11.5 Å². The first-order chi connectivity index (χ1) is 7.63. The van der Waals surface area contributed by atoms with Crippen molar-refractivity contribution in [3.63, 3.8) is 0 Å². The zero-order valence-corrected chi connectivity index (χ0v) is 10.3. The molecule has 0 aliphatic carbocycles. The molecular formula is C11H22N4O. The van der Waals surface area contributed by atoms with E-state index in [1.54, 1.807) is 0 Å². The predicted octanol–water partition coefficient (Wildman–Crippen LogP) is 1.37. The summed E-state index contributed by atoms with van der Waals surface area (Å²) < 4.78 is 1.88. The number of aliphatic hydroxyl groups excluding tert-OH is 1. The lowest BCUT2D eigenvalue weighted by Gasteiger charge is -2.17. The number of nitrogens with two attached hydrogens (primary N) is 1. The van der Waals surface area contributed by atoms with Crippen LogP contribution in [0.1, 0.15) is 32.4 Å². The van der Waals surface area contributed by atoms with Gasteiger partial charge in [-0.05, 0) is 19.8 Å². The van der Waals surface area contributed by atoms with Crippen LogP contribution < -0.4 is 11.1 Å². The van der Waals surface area contributed by atoms with Gasteiger partial charge >= 0.3 is 0 Å². The van der Waals surface area contributed by atoms with E-state index in [1.165, 1.54) is 0 Å². The van der Waals surface area contributed by atoms with Crippen LogP contribution in [0.25, 0.3) is 0 Å². The average Bonchev–Trinajstić information content (AvgIpc) is 2.53. The fourth-order valence-electron chi connectivity index (χ4n) is 1.59. The number of aromatic nitrogens is 2. The molecule has 0 saturated heterocycles. The van der Waals surface area contributed by atoms with Crippen LogP contribution in [0.15, 0.2) is 0 Å². The molecule has 0 aliphatic heterocycles. The number of nitrogen functional groups attached to an aromatic ring is 1. The normalized spacial score (nSPS) is 12.8. The lowest BCUT2D eigenvalue weighted by Crippen LogP contribution is -2.25. The number of aryl methyl sites for hydroxylation is 2. The highest BCUT2D eigenvalue weighted by Gasteiger charge is 2.14. The average molecular weight is 226 g/mol. The fourth-order valence-corrected chi connectivity index (χ4v) is 1.59. The van der Waals surface area contributed by atoms with Crippen molar-refractivity contribution in [2.75, 3.05) is 17.7 Å². The van der Waals surface area contributed by atoms with Gasteiger partial charge in [0, 0.05) is 6.54 Å². The highest BCUT2D eigenvalue weighted by Crippen LogP contribution is 2.23. The number of nitrogens with one attached hydrogen (secondary N) is 1. The minimum absolute atomic E-state index is 0.0361. The van der Waals surface area contributed by atoms with Crippen molar-refractivity contribution in [2.45, 2.75) is 46.2 Å². The van der Waals surface area contributed by atoms with Gasteiger partial charge in [0.2, 0.25) is 0 Å². The second kappa shape index (κ2) is 5.75. The summed E-state index contributed by atoms with van der Waals surface area (Å²) >= 11 is 0. The Bertz CT molecular complexity index is 331. The van der Waals surface area contributed by atoms with Crippen LogP contribution >= 0.6 is 0 Å². The third-order valence-electron chi connectivity index (χ3n) is 2.66. The summed E-state index contributed by atoms with van der Waals surface area (Å²) in [6.07, 6.45) is 1.86. The Morgan fingerprint density at radius 2 is 2.19 bits per heavy atom. The molecule has 0 fully saturated rings. The van der Waals surface area contributed by atoms with Crippen molar-refractivity contribution < 1.29 is 5.11 Å². The second-order valence-corrected chi connectivity index (χ2v) is 4.00. The molecule has 0 radical (unpaired) electrons. The molecule has 1 aromatic rings. The first-order valence-corrected chi connectivity index (χ1v) is 5.84. The van der Waals surface area contributed by atoms with Gasteiger partial charge in [-0.15, -0.1) is 0 Å². The molecule has 0 bridgehead atoms. The van der Waals surface area contributed by atoms with E-state index in [1.807, 2.05) is 18.5 Å². The minimum atomic E-state index is 0.0361. The predicted molar refractivity (Wildman–Crippen MR) is 66.5 cm³/mol. The Morgan fingerprint density at radius 3 is 2.69 bits per heavy atom. The maximum absolute atomic E-state index is 9.17. The zero-order valence-electron chi connectivity index (χ0n) is 10.3. The molecule has 1 rings (SSSR count). The lowest BCUT2D eigenvalue weighted by molar-refractivity contribution is 0.271. The molecule has 1 unspecified atom stereocenters. The SMILES string of the molecule is CCCn1nc(C)c(N)c1NC(CC)CO. The quantitative estimate of drug-likeness (QED) is 0.684. The number of anilines is 2. The number of rotatable bonds is 6. The molecule has 1 atom stereocenters. The van der Waals surface area contributed by atoms with Gasteiger partial charge in [-0.3, -0.25) is 0 Å². The van der Waals surface area contributed by atoms with E-state index in [-0.39, 0.29) is 12.6 Å². The van der Waals surface area contributed by atoms with E-state index < -0.39 is 0 Å². The smallest absolute Gasteiger partial charge is 0.148 e. The van der Waals surface area contributed by atoms with Gasteiger partial charge < -0.3 is 16.2 Å². The molecule has 92 valence electrons. The first-order valence-electron chi connectivity index (χ1n) is 5.84. The van der Waals surface area contributed by atoms with E-state index >= 15 is 0 Å². The Morgan fingerprint density at radius 1 is 1.50 bits per heavy atom. The Hall–Kier alpha value is -1.23. The topological polar surface area (TPSA) is 76.1 Å². The van der Waals surface area contributed by atoms with Crippen LogP contribution in [0.4, 0.5) is 11.5 Å². The molecule has 0 aromatic carbocycles. The van der Waals surface area contributed by atoms with Crippen LogP contribution in [0.2, 0.25) is 0 Å². The number of aliphatic hydroxyl groups is 1. The van der Waals surface area contributed by atoms with Gasteiger partial charge in [-0.2, -0.15) is 5.10 Å². The molecule has 0 spiro atoms. The fraction of sp³-hybridized carbons (Fsp3) is 0.727.